The number of likely N-dealkylation sites (N-methyl/N-ethyl adjacent to an activating group) is 2. The molecule has 0 spiro atoms. The molecule has 0 aliphatic carbocycles. The maximum Gasteiger partial charge on any atom is 0.0468 e. The number of hydrogen-bond donors (Lipinski definition) is 1. The van der Waals surface area contributed by atoms with Crippen molar-refractivity contribution in [2.45, 2.75) is 26.8 Å². The van der Waals surface area contributed by atoms with Crippen LogP contribution in [0, 0.1) is 5.92 Å². The molecule has 14 heavy (non-hydrogen) atoms. The van der Waals surface area contributed by atoms with Crippen LogP contribution in [0.5, 0.6) is 0 Å². The lowest BCUT2D eigenvalue weighted by Gasteiger charge is -2.31. The van der Waals surface area contributed by atoms with Crippen LogP contribution in [-0.2, 0) is 0 Å². The molecule has 0 fully saturated rings. The fourth-order valence-electron chi connectivity index (χ4n) is 1.72. The molecule has 0 bridgehead atoms. The number of rotatable bonds is 7. The highest BCUT2D eigenvalue weighted by Gasteiger charge is 2.14. The number of hydrogen-bond acceptors (Lipinski definition) is 3. The van der Waals surface area contributed by atoms with Crippen molar-refractivity contribution in [2.24, 2.45) is 5.92 Å². The van der Waals surface area contributed by atoms with Crippen LogP contribution < -0.4 is 0 Å². The fourth-order valence-corrected chi connectivity index (χ4v) is 1.72. The average Bonchev–Trinajstić information content (AvgIpc) is 2.12. The van der Waals surface area contributed by atoms with Crippen molar-refractivity contribution in [3.63, 3.8) is 0 Å². The molecule has 0 aromatic heterocycles. The molecule has 0 amide bonds. The van der Waals surface area contributed by atoms with Crippen molar-refractivity contribution in [3.05, 3.63) is 0 Å². The summed E-state index contributed by atoms with van der Waals surface area (Å²) in [5.41, 5.74) is 0. The monoisotopic (exact) mass is 202 g/mol. The SMILES string of the molecule is CCN(CC(C)CO)C(C)CN(C)C. The Morgan fingerprint density at radius 3 is 2.07 bits per heavy atom. The second-order valence-corrected chi connectivity index (χ2v) is 4.49. The van der Waals surface area contributed by atoms with Crippen LogP contribution >= 0.6 is 0 Å². The minimum atomic E-state index is 0.283. The minimum Gasteiger partial charge on any atom is -0.396 e. The van der Waals surface area contributed by atoms with Gasteiger partial charge in [0.1, 0.15) is 0 Å². The van der Waals surface area contributed by atoms with E-state index in [1.54, 1.807) is 0 Å². The Morgan fingerprint density at radius 1 is 1.14 bits per heavy atom. The molecular formula is C11H26N2O. The first-order chi connectivity index (χ1) is 6.51. The van der Waals surface area contributed by atoms with Crippen molar-refractivity contribution in [2.75, 3.05) is 40.3 Å². The predicted molar refractivity (Wildman–Crippen MR) is 61.5 cm³/mol. The largest absolute Gasteiger partial charge is 0.396 e. The van der Waals surface area contributed by atoms with E-state index in [4.69, 9.17) is 5.11 Å². The van der Waals surface area contributed by atoms with E-state index < -0.39 is 0 Å². The Labute approximate surface area is 88.7 Å². The molecule has 0 saturated heterocycles. The van der Waals surface area contributed by atoms with Crippen molar-refractivity contribution >= 4 is 0 Å². The zero-order chi connectivity index (χ0) is 11.1. The van der Waals surface area contributed by atoms with E-state index in [1.807, 2.05) is 0 Å². The molecule has 0 rings (SSSR count). The van der Waals surface area contributed by atoms with Crippen LogP contribution in [0.15, 0.2) is 0 Å². The minimum absolute atomic E-state index is 0.283. The molecule has 3 nitrogen and oxygen atoms in total. The summed E-state index contributed by atoms with van der Waals surface area (Å²) in [6, 6.07) is 0.559. The van der Waals surface area contributed by atoms with Gasteiger partial charge in [-0.25, -0.2) is 0 Å². The lowest BCUT2D eigenvalue weighted by molar-refractivity contribution is 0.132. The topological polar surface area (TPSA) is 26.7 Å². The second kappa shape index (κ2) is 7.21. The summed E-state index contributed by atoms with van der Waals surface area (Å²) in [6.07, 6.45) is 0. The molecule has 3 heteroatoms. The molecule has 0 heterocycles. The van der Waals surface area contributed by atoms with E-state index in [9.17, 15) is 0 Å². The van der Waals surface area contributed by atoms with E-state index in [2.05, 4.69) is 44.7 Å². The van der Waals surface area contributed by atoms with Gasteiger partial charge in [-0.1, -0.05) is 13.8 Å². The third-order valence-electron chi connectivity index (χ3n) is 2.52. The van der Waals surface area contributed by atoms with E-state index in [0.29, 0.717) is 12.0 Å². The summed E-state index contributed by atoms with van der Waals surface area (Å²) >= 11 is 0. The van der Waals surface area contributed by atoms with Gasteiger partial charge in [0.05, 0.1) is 0 Å². The van der Waals surface area contributed by atoms with Crippen LogP contribution in [-0.4, -0.2) is 61.3 Å². The third-order valence-corrected chi connectivity index (χ3v) is 2.52. The third kappa shape index (κ3) is 5.58. The molecule has 86 valence electrons. The number of aliphatic hydroxyl groups excluding tert-OH is 1. The van der Waals surface area contributed by atoms with Gasteiger partial charge in [0, 0.05) is 25.7 Å². The first kappa shape index (κ1) is 13.9. The molecule has 1 N–H and O–H groups in total. The highest BCUT2D eigenvalue weighted by molar-refractivity contribution is 4.70. The van der Waals surface area contributed by atoms with Crippen molar-refractivity contribution in [1.29, 1.82) is 0 Å². The van der Waals surface area contributed by atoms with Crippen LogP contribution in [0.25, 0.3) is 0 Å². The quantitative estimate of drug-likeness (QED) is 0.664. The predicted octanol–water partition coefficient (Wildman–Crippen LogP) is 0.887. The van der Waals surface area contributed by atoms with Crippen molar-refractivity contribution in [1.82, 2.24) is 9.80 Å². The Morgan fingerprint density at radius 2 is 1.71 bits per heavy atom. The molecule has 0 radical (unpaired) electrons. The van der Waals surface area contributed by atoms with Gasteiger partial charge in [0.2, 0.25) is 0 Å². The second-order valence-electron chi connectivity index (χ2n) is 4.49. The highest BCUT2D eigenvalue weighted by Crippen LogP contribution is 2.04. The first-order valence-corrected chi connectivity index (χ1v) is 5.50. The Bertz CT molecular complexity index is 139. The average molecular weight is 202 g/mol. The van der Waals surface area contributed by atoms with Gasteiger partial charge in [0.15, 0.2) is 0 Å². The maximum absolute atomic E-state index is 9.01. The zero-order valence-corrected chi connectivity index (χ0v) is 10.3. The number of aliphatic hydroxyl groups is 1. The molecule has 0 saturated carbocycles. The van der Waals surface area contributed by atoms with Crippen LogP contribution in [0.2, 0.25) is 0 Å². The lowest BCUT2D eigenvalue weighted by atomic mass is 10.1. The molecule has 0 aromatic carbocycles. The summed E-state index contributed by atoms with van der Waals surface area (Å²) in [6.45, 7) is 9.91. The van der Waals surface area contributed by atoms with Gasteiger partial charge in [-0.2, -0.15) is 0 Å². The maximum atomic E-state index is 9.01. The standard InChI is InChI=1S/C11H26N2O/c1-6-13(7-10(2)9-14)11(3)8-12(4)5/h10-11,14H,6-9H2,1-5H3. The molecule has 0 aliphatic rings. The molecular weight excluding hydrogens is 176 g/mol. The fraction of sp³-hybridized carbons (Fsp3) is 1.00. The molecule has 2 atom stereocenters. The van der Waals surface area contributed by atoms with Gasteiger partial charge in [-0.3, -0.25) is 4.90 Å². The smallest absolute Gasteiger partial charge is 0.0468 e. The van der Waals surface area contributed by atoms with Gasteiger partial charge in [-0.15, -0.1) is 0 Å². The van der Waals surface area contributed by atoms with Gasteiger partial charge < -0.3 is 10.0 Å². The van der Waals surface area contributed by atoms with Gasteiger partial charge in [-0.05, 0) is 33.5 Å². The van der Waals surface area contributed by atoms with Crippen molar-refractivity contribution < 1.29 is 5.11 Å². The summed E-state index contributed by atoms with van der Waals surface area (Å²) in [7, 11) is 4.19. The summed E-state index contributed by atoms with van der Waals surface area (Å²) < 4.78 is 0. The Hall–Kier alpha value is -0.120. The van der Waals surface area contributed by atoms with E-state index in [0.717, 1.165) is 19.6 Å². The van der Waals surface area contributed by atoms with Gasteiger partial charge >= 0.3 is 0 Å². The molecule has 2 unspecified atom stereocenters. The molecule has 0 aromatic rings. The summed E-state index contributed by atoms with van der Waals surface area (Å²) in [5, 5.41) is 9.01. The summed E-state index contributed by atoms with van der Waals surface area (Å²) in [4.78, 5) is 4.62. The van der Waals surface area contributed by atoms with E-state index >= 15 is 0 Å². The van der Waals surface area contributed by atoms with E-state index in [-0.39, 0.29) is 6.61 Å². The van der Waals surface area contributed by atoms with Crippen LogP contribution in [0.1, 0.15) is 20.8 Å². The van der Waals surface area contributed by atoms with E-state index in [1.165, 1.54) is 0 Å². The van der Waals surface area contributed by atoms with Crippen LogP contribution in [0.4, 0.5) is 0 Å². The van der Waals surface area contributed by atoms with Gasteiger partial charge in [0.25, 0.3) is 0 Å². The highest BCUT2D eigenvalue weighted by atomic mass is 16.3. The lowest BCUT2D eigenvalue weighted by Crippen LogP contribution is -2.42. The Kier molecular flexibility index (Phi) is 7.15. The zero-order valence-electron chi connectivity index (χ0n) is 10.3. The normalized spacial score (nSPS) is 16.3. The summed E-state index contributed by atoms with van der Waals surface area (Å²) in [5.74, 6) is 0.375. The van der Waals surface area contributed by atoms with Crippen LogP contribution in [0.3, 0.4) is 0 Å². The number of nitrogens with zero attached hydrogens (tertiary/aromatic N) is 2. The first-order valence-electron chi connectivity index (χ1n) is 5.50. The Balaban J connectivity index is 3.98. The van der Waals surface area contributed by atoms with Crippen molar-refractivity contribution in [3.8, 4) is 0 Å². The molecule has 0 aliphatic heterocycles.